The number of carbonyl (C=O) groups excluding carboxylic acids is 2. The Morgan fingerprint density at radius 2 is 1.65 bits per heavy atom. The summed E-state index contributed by atoms with van der Waals surface area (Å²) in [5.74, 6) is -0.642. The first-order valence-corrected chi connectivity index (χ1v) is 12.1. The number of benzene rings is 3. The van der Waals surface area contributed by atoms with Gasteiger partial charge < -0.3 is 0 Å². The monoisotopic (exact) mass is 488 g/mol. The number of hydrogen-bond donors (Lipinski definition) is 1. The van der Waals surface area contributed by atoms with Crippen LogP contribution in [0, 0.1) is 5.41 Å². The molecule has 0 bridgehead atoms. The minimum atomic E-state index is -0.689. The second kappa shape index (κ2) is 9.44. The molecule has 0 saturated carbocycles. The quantitative estimate of drug-likeness (QED) is 0.299. The number of halogens is 1. The first kappa shape index (κ1) is 22.4. The number of nitrogens with zero attached hydrogens (tertiary/aromatic N) is 3. The number of nitrogens with one attached hydrogen (secondary N) is 1. The van der Waals surface area contributed by atoms with E-state index in [1.165, 1.54) is 0 Å². The van der Waals surface area contributed by atoms with Gasteiger partial charge in [-0.2, -0.15) is 5.10 Å². The predicted octanol–water partition coefficient (Wildman–Crippen LogP) is 5.49. The van der Waals surface area contributed by atoms with Crippen LogP contribution in [0.4, 0.5) is 5.69 Å². The smallest absolute Gasteiger partial charge is 0.247 e. The number of amidine groups is 1. The molecular weight excluding hydrogens is 468 g/mol. The van der Waals surface area contributed by atoms with Crippen molar-refractivity contribution in [3.8, 4) is 0 Å². The number of amides is 2. The van der Waals surface area contributed by atoms with Crippen LogP contribution in [0.5, 0.6) is 0 Å². The van der Waals surface area contributed by atoms with Gasteiger partial charge in [-0.05, 0) is 29.3 Å². The Labute approximate surface area is 206 Å². The van der Waals surface area contributed by atoms with E-state index in [9.17, 15) is 9.59 Å². The molecule has 1 saturated heterocycles. The van der Waals surface area contributed by atoms with E-state index < -0.39 is 5.25 Å². The van der Waals surface area contributed by atoms with Crippen LogP contribution in [-0.4, -0.2) is 33.0 Å². The van der Waals surface area contributed by atoms with Crippen LogP contribution in [0.3, 0.4) is 0 Å². The Hall–Kier alpha value is -3.42. The molecule has 2 aliphatic heterocycles. The van der Waals surface area contributed by atoms with Crippen molar-refractivity contribution in [2.75, 3.05) is 4.90 Å². The maximum Gasteiger partial charge on any atom is 0.247 e. The highest BCUT2D eigenvalue weighted by Gasteiger charge is 2.42. The standard InChI is InChI=1S/C26H21ClN4O2S/c27-19-12-7-13-20(14-19)30-24(32)16-23(25(30)33)34-26(28)31-22(18-10-5-2-6-11-18)15-21(29-31)17-8-3-1-4-9-17/h1-14,22-23,28H,15-16H2/t22-,23-/m1/s1. The topological polar surface area (TPSA) is 76.8 Å². The summed E-state index contributed by atoms with van der Waals surface area (Å²) < 4.78 is 0. The van der Waals surface area contributed by atoms with Crippen LogP contribution in [0.15, 0.2) is 90.0 Å². The summed E-state index contributed by atoms with van der Waals surface area (Å²) in [6.07, 6.45) is 0.667. The maximum atomic E-state index is 13.1. The molecular formula is C26H21ClN4O2S. The Balaban J connectivity index is 1.39. The number of anilines is 1. The van der Waals surface area contributed by atoms with Gasteiger partial charge in [-0.1, -0.05) is 90.1 Å². The highest BCUT2D eigenvalue weighted by Crippen LogP contribution is 2.37. The highest BCUT2D eigenvalue weighted by molar-refractivity contribution is 8.14. The molecule has 3 aromatic rings. The molecule has 0 spiro atoms. The molecule has 1 fully saturated rings. The largest absolute Gasteiger partial charge is 0.277 e. The molecule has 0 aromatic heterocycles. The molecule has 2 atom stereocenters. The van der Waals surface area contributed by atoms with E-state index in [2.05, 4.69) is 0 Å². The van der Waals surface area contributed by atoms with Gasteiger partial charge in [-0.3, -0.25) is 15.0 Å². The van der Waals surface area contributed by atoms with Gasteiger partial charge in [0.1, 0.15) is 5.25 Å². The molecule has 34 heavy (non-hydrogen) atoms. The molecule has 8 heteroatoms. The summed E-state index contributed by atoms with van der Waals surface area (Å²) in [7, 11) is 0. The minimum Gasteiger partial charge on any atom is -0.277 e. The molecule has 2 aliphatic rings. The molecule has 6 nitrogen and oxygen atoms in total. The summed E-state index contributed by atoms with van der Waals surface area (Å²) in [5.41, 5.74) is 3.37. The van der Waals surface area contributed by atoms with E-state index in [4.69, 9.17) is 22.1 Å². The van der Waals surface area contributed by atoms with Gasteiger partial charge in [0, 0.05) is 17.9 Å². The van der Waals surface area contributed by atoms with Crippen LogP contribution in [0.1, 0.15) is 30.0 Å². The Morgan fingerprint density at radius 1 is 0.941 bits per heavy atom. The maximum absolute atomic E-state index is 13.1. The van der Waals surface area contributed by atoms with Crippen molar-refractivity contribution >= 4 is 51.7 Å². The second-order valence-electron chi connectivity index (χ2n) is 8.05. The van der Waals surface area contributed by atoms with Crippen molar-refractivity contribution in [3.05, 3.63) is 101 Å². The first-order valence-electron chi connectivity index (χ1n) is 10.9. The van der Waals surface area contributed by atoms with E-state index in [0.29, 0.717) is 17.1 Å². The molecule has 0 aliphatic carbocycles. The van der Waals surface area contributed by atoms with Crippen molar-refractivity contribution in [3.63, 3.8) is 0 Å². The molecule has 2 amide bonds. The third-order valence-electron chi connectivity index (χ3n) is 5.84. The van der Waals surface area contributed by atoms with Crippen molar-refractivity contribution < 1.29 is 9.59 Å². The van der Waals surface area contributed by atoms with Crippen LogP contribution < -0.4 is 4.90 Å². The van der Waals surface area contributed by atoms with Gasteiger partial charge in [0.15, 0.2) is 5.17 Å². The van der Waals surface area contributed by atoms with Crippen LogP contribution in [0.2, 0.25) is 5.02 Å². The van der Waals surface area contributed by atoms with Gasteiger partial charge >= 0.3 is 0 Å². The van der Waals surface area contributed by atoms with Crippen LogP contribution >= 0.6 is 23.4 Å². The zero-order valence-electron chi connectivity index (χ0n) is 18.1. The summed E-state index contributed by atoms with van der Waals surface area (Å²) in [4.78, 5) is 26.9. The summed E-state index contributed by atoms with van der Waals surface area (Å²) in [6.45, 7) is 0. The Bertz CT molecular complexity index is 1280. The average Bonchev–Trinajstić information content (AvgIpc) is 3.41. The summed E-state index contributed by atoms with van der Waals surface area (Å²) in [6, 6.07) is 26.3. The number of imide groups is 1. The fraction of sp³-hybridized carbons (Fsp3) is 0.154. The van der Waals surface area contributed by atoms with Crippen molar-refractivity contribution in [2.45, 2.75) is 24.1 Å². The van der Waals surface area contributed by atoms with E-state index in [1.54, 1.807) is 29.3 Å². The predicted molar refractivity (Wildman–Crippen MR) is 136 cm³/mol. The van der Waals surface area contributed by atoms with Crippen molar-refractivity contribution in [1.29, 1.82) is 5.41 Å². The second-order valence-corrected chi connectivity index (χ2v) is 9.68. The zero-order chi connectivity index (χ0) is 23.7. The Morgan fingerprint density at radius 3 is 2.35 bits per heavy atom. The molecule has 1 N–H and O–H groups in total. The average molecular weight is 489 g/mol. The normalized spacial score (nSPS) is 20.1. The van der Waals surface area contributed by atoms with Gasteiger partial charge in [0.25, 0.3) is 0 Å². The Kier molecular flexibility index (Phi) is 6.22. The molecule has 3 aromatic carbocycles. The summed E-state index contributed by atoms with van der Waals surface area (Å²) in [5, 5.41) is 15.2. The number of rotatable bonds is 4. The zero-order valence-corrected chi connectivity index (χ0v) is 19.7. The third kappa shape index (κ3) is 4.36. The number of thioether (sulfide) groups is 1. The number of carbonyl (C=O) groups is 2. The lowest BCUT2D eigenvalue weighted by molar-refractivity contribution is -0.121. The lowest BCUT2D eigenvalue weighted by Gasteiger charge is -2.24. The fourth-order valence-electron chi connectivity index (χ4n) is 4.21. The molecule has 170 valence electrons. The fourth-order valence-corrected chi connectivity index (χ4v) is 5.37. The first-order chi connectivity index (χ1) is 16.5. The van der Waals surface area contributed by atoms with Gasteiger partial charge in [0.2, 0.25) is 11.8 Å². The molecule has 0 radical (unpaired) electrons. The van der Waals surface area contributed by atoms with Gasteiger partial charge in [-0.15, -0.1) is 0 Å². The van der Waals surface area contributed by atoms with Gasteiger partial charge in [-0.25, -0.2) is 9.91 Å². The van der Waals surface area contributed by atoms with Crippen molar-refractivity contribution in [2.24, 2.45) is 5.10 Å². The molecule has 5 rings (SSSR count). The third-order valence-corrected chi connectivity index (χ3v) is 7.13. The van der Waals surface area contributed by atoms with Crippen LogP contribution in [0.25, 0.3) is 0 Å². The lowest BCUT2D eigenvalue weighted by Crippen LogP contribution is -2.32. The lowest BCUT2D eigenvalue weighted by atomic mass is 9.99. The highest BCUT2D eigenvalue weighted by atomic mass is 35.5. The van der Waals surface area contributed by atoms with E-state index in [1.807, 2.05) is 60.7 Å². The molecule has 0 unspecified atom stereocenters. The van der Waals surface area contributed by atoms with E-state index >= 15 is 0 Å². The molecule has 2 heterocycles. The van der Waals surface area contributed by atoms with E-state index in [0.717, 1.165) is 33.5 Å². The van der Waals surface area contributed by atoms with Crippen LogP contribution in [-0.2, 0) is 9.59 Å². The van der Waals surface area contributed by atoms with E-state index in [-0.39, 0.29) is 29.4 Å². The number of hydrogen-bond acceptors (Lipinski definition) is 5. The summed E-state index contributed by atoms with van der Waals surface area (Å²) >= 11 is 7.13. The minimum absolute atomic E-state index is 0.0253. The van der Waals surface area contributed by atoms with Gasteiger partial charge in [0.05, 0.1) is 17.4 Å². The SMILES string of the molecule is N=C(S[C@@H]1CC(=O)N(c2cccc(Cl)c2)C1=O)N1N=C(c2ccccc2)C[C@@H]1c1ccccc1. The van der Waals surface area contributed by atoms with Crippen molar-refractivity contribution in [1.82, 2.24) is 5.01 Å². The number of hydrazone groups is 1.